The molecule has 6 heteroatoms. The molecular weight excluding hydrogens is 276 g/mol. The summed E-state index contributed by atoms with van der Waals surface area (Å²) >= 11 is 0. The predicted octanol–water partition coefficient (Wildman–Crippen LogP) is 2.28. The van der Waals surface area contributed by atoms with E-state index in [0.29, 0.717) is 24.7 Å². The third-order valence-electron chi connectivity index (χ3n) is 3.34. The van der Waals surface area contributed by atoms with Crippen molar-refractivity contribution in [3.63, 3.8) is 0 Å². The lowest BCUT2D eigenvalue weighted by Crippen LogP contribution is -2.30. The highest BCUT2D eigenvalue weighted by Gasteiger charge is 2.26. The SMILES string of the molecule is CCN(CC)S(=O)(=O)c1cn(COC)c2ccccc12. The molecule has 0 aliphatic carbocycles. The monoisotopic (exact) mass is 296 g/mol. The minimum absolute atomic E-state index is 0.328. The standard InChI is InChI=1S/C14H20N2O3S/c1-4-16(5-2)20(17,18)14-10-15(11-19-3)13-9-7-6-8-12(13)14/h6-10H,4-5,11H2,1-3H3. The van der Waals surface area contributed by atoms with Crippen molar-refractivity contribution < 1.29 is 13.2 Å². The molecule has 0 amide bonds. The molecule has 0 aliphatic rings. The second kappa shape index (κ2) is 5.95. The van der Waals surface area contributed by atoms with Gasteiger partial charge in [0.15, 0.2) is 0 Å². The summed E-state index contributed by atoms with van der Waals surface area (Å²) < 4.78 is 33.8. The number of hydrogen-bond acceptors (Lipinski definition) is 3. The Hall–Kier alpha value is -1.37. The van der Waals surface area contributed by atoms with Gasteiger partial charge in [-0.2, -0.15) is 4.31 Å². The van der Waals surface area contributed by atoms with Gasteiger partial charge in [0.05, 0.1) is 5.52 Å². The summed E-state index contributed by atoms with van der Waals surface area (Å²) in [6, 6.07) is 7.47. The largest absolute Gasteiger partial charge is 0.364 e. The zero-order chi connectivity index (χ0) is 14.8. The minimum atomic E-state index is -3.47. The van der Waals surface area contributed by atoms with Crippen LogP contribution in [0.2, 0.25) is 0 Å². The Kier molecular flexibility index (Phi) is 4.47. The van der Waals surface area contributed by atoms with Gasteiger partial charge in [-0.3, -0.25) is 0 Å². The number of aromatic nitrogens is 1. The van der Waals surface area contributed by atoms with Gasteiger partial charge in [0.25, 0.3) is 0 Å². The van der Waals surface area contributed by atoms with Gasteiger partial charge < -0.3 is 9.30 Å². The average molecular weight is 296 g/mol. The molecule has 1 aromatic carbocycles. The van der Waals surface area contributed by atoms with Crippen LogP contribution in [0.25, 0.3) is 10.9 Å². The first-order valence-electron chi connectivity index (χ1n) is 6.63. The Morgan fingerprint density at radius 1 is 1.20 bits per heavy atom. The lowest BCUT2D eigenvalue weighted by Gasteiger charge is -2.17. The fourth-order valence-electron chi connectivity index (χ4n) is 2.37. The maximum absolute atomic E-state index is 12.7. The van der Waals surface area contributed by atoms with Crippen LogP contribution < -0.4 is 0 Å². The highest BCUT2D eigenvalue weighted by molar-refractivity contribution is 7.89. The van der Waals surface area contributed by atoms with Crippen molar-refractivity contribution in [2.45, 2.75) is 25.5 Å². The van der Waals surface area contributed by atoms with Crippen LogP contribution in [-0.4, -0.2) is 37.5 Å². The van der Waals surface area contributed by atoms with Gasteiger partial charge in [0, 0.05) is 31.8 Å². The molecule has 0 fully saturated rings. The van der Waals surface area contributed by atoms with E-state index in [1.807, 2.05) is 42.7 Å². The Balaban J connectivity index is 2.66. The van der Waals surface area contributed by atoms with E-state index >= 15 is 0 Å². The maximum Gasteiger partial charge on any atom is 0.245 e. The number of hydrogen-bond donors (Lipinski definition) is 0. The highest BCUT2D eigenvalue weighted by Crippen LogP contribution is 2.27. The smallest absolute Gasteiger partial charge is 0.245 e. The second-order valence-electron chi connectivity index (χ2n) is 4.49. The molecule has 0 spiro atoms. The topological polar surface area (TPSA) is 51.5 Å². The van der Waals surface area contributed by atoms with Crippen molar-refractivity contribution in [1.82, 2.24) is 8.87 Å². The van der Waals surface area contributed by atoms with Crippen LogP contribution >= 0.6 is 0 Å². The van der Waals surface area contributed by atoms with E-state index in [0.717, 1.165) is 10.9 Å². The first-order chi connectivity index (χ1) is 9.56. The number of fused-ring (bicyclic) bond motifs is 1. The normalized spacial score (nSPS) is 12.4. The third-order valence-corrected chi connectivity index (χ3v) is 5.42. The van der Waals surface area contributed by atoms with Gasteiger partial charge in [-0.1, -0.05) is 32.0 Å². The van der Waals surface area contributed by atoms with Crippen molar-refractivity contribution in [3.8, 4) is 0 Å². The van der Waals surface area contributed by atoms with Gasteiger partial charge in [0.1, 0.15) is 11.6 Å². The zero-order valence-electron chi connectivity index (χ0n) is 12.0. The van der Waals surface area contributed by atoms with E-state index in [4.69, 9.17) is 4.74 Å². The molecule has 0 atom stereocenters. The second-order valence-corrected chi connectivity index (χ2v) is 6.39. The van der Waals surface area contributed by atoms with E-state index in [9.17, 15) is 8.42 Å². The van der Waals surface area contributed by atoms with E-state index in [1.165, 1.54) is 4.31 Å². The molecule has 0 saturated heterocycles. The van der Waals surface area contributed by atoms with Gasteiger partial charge in [-0.15, -0.1) is 0 Å². The first kappa shape index (κ1) is 15.0. The maximum atomic E-state index is 12.7. The van der Waals surface area contributed by atoms with E-state index in [-0.39, 0.29) is 0 Å². The number of para-hydroxylation sites is 1. The van der Waals surface area contributed by atoms with E-state index in [1.54, 1.807) is 13.3 Å². The molecule has 0 aliphatic heterocycles. The van der Waals surface area contributed by atoms with E-state index in [2.05, 4.69) is 0 Å². The summed E-state index contributed by atoms with van der Waals surface area (Å²) in [4.78, 5) is 0.342. The van der Waals surface area contributed by atoms with Crippen LogP contribution in [0.1, 0.15) is 13.8 Å². The summed E-state index contributed by atoms with van der Waals surface area (Å²) in [5.41, 5.74) is 0.861. The molecule has 1 heterocycles. The Morgan fingerprint density at radius 3 is 2.45 bits per heavy atom. The van der Waals surface area contributed by atoms with Crippen LogP contribution in [0.5, 0.6) is 0 Å². The van der Waals surface area contributed by atoms with Gasteiger partial charge in [-0.05, 0) is 6.07 Å². The Bertz CT molecular complexity index is 688. The Morgan fingerprint density at radius 2 is 1.85 bits per heavy atom. The number of ether oxygens (including phenoxy) is 1. The number of sulfonamides is 1. The Labute approximate surface area is 119 Å². The zero-order valence-corrected chi connectivity index (χ0v) is 12.9. The van der Waals surface area contributed by atoms with Crippen molar-refractivity contribution in [3.05, 3.63) is 30.5 Å². The predicted molar refractivity (Wildman–Crippen MR) is 79.1 cm³/mol. The molecule has 5 nitrogen and oxygen atoms in total. The van der Waals surface area contributed by atoms with Crippen LogP contribution in [0, 0.1) is 0 Å². The summed E-state index contributed by atoms with van der Waals surface area (Å²) in [5, 5.41) is 0.733. The first-order valence-corrected chi connectivity index (χ1v) is 8.07. The number of nitrogens with zero attached hydrogens (tertiary/aromatic N) is 2. The number of methoxy groups -OCH3 is 1. The minimum Gasteiger partial charge on any atom is -0.364 e. The molecule has 110 valence electrons. The van der Waals surface area contributed by atoms with Gasteiger partial charge in [0.2, 0.25) is 10.0 Å². The van der Waals surface area contributed by atoms with Crippen LogP contribution in [-0.2, 0) is 21.5 Å². The lowest BCUT2D eigenvalue weighted by molar-refractivity contribution is 0.134. The van der Waals surface area contributed by atoms with Crippen molar-refractivity contribution in [1.29, 1.82) is 0 Å². The molecule has 1 aromatic heterocycles. The fourth-order valence-corrected chi connectivity index (χ4v) is 4.04. The number of benzene rings is 1. The summed E-state index contributed by atoms with van der Waals surface area (Å²) in [7, 11) is -1.88. The quantitative estimate of drug-likeness (QED) is 0.821. The highest BCUT2D eigenvalue weighted by atomic mass is 32.2. The van der Waals surface area contributed by atoms with Gasteiger partial charge >= 0.3 is 0 Å². The van der Waals surface area contributed by atoms with Crippen LogP contribution in [0.15, 0.2) is 35.4 Å². The molecule has 0 radical (unpaired) electrons. The molecule has 0 bridgehead atoms. The average Bonchev–Trinajstić information content (AvgIpc) is 2.80. The molecule has 0 unspecified atom stereocenters. The molecule has 2 aromatic rings. The van der Waals surface area contributed by atoms with E-state index < -0.39 is 10.0 Å². The summed E-state index contributed by atoms with van der Waals surface area (Å²) in [6.45, 7) is 4.93. The van der Waals surface area contributed by atoms with Crippen LogP contribution in [0.3, 0.4) is 0 Å². The van der Waals surface area contributed by atoms with Crippen molar-refractivity contribution in [2.75, 3.05) is 20.2 Å². The van der Waals surface area contributed by atoms with Crippen molar-refractivity contribution in [2.24, 2.45) is 0 Å². The van der Waals surface area contributed by atoms with Crippen LogP contribution in [0.4, 0.5) is 0 Å². The number of rotatable bonds is 6. The lowest BCUT2D eigenvalue weighted by atomic mass is 10.2. The summed E-state index contributed by atoms with van der Waals surface area (Å²) in [6.07, 6.45) is 1.65. The molecular formula is C14H20N2O3S. The molecule has 2 rings (SSSR count). The molecule has 20 heavy (non-hydrogen) atoms. The summed E-state index contributed by atoms with van der Waals surface area (Å²) in [5.74, 6) is 0. The van der Waals surface area contributed by atoms with Gasteiger partial charge in [-0.25, -0.2) is 8.42 Å². The fraction of sp³-hybridized carbons (Fsp3) is 0.429. The third kappa shape index (κ3) is 2.46. The molecule has 0 saturated carbocycles. The van der Waals surface area contributed by atoms with Crippen molar-refractivity contribution >= 4 is 20.9 Å². The molecule has 0 N–H and O–H groups in total.